The molecule has 2 aromatic rings. The van der Waals surface area contributed by atoms with Crippen LogP contribution in [0.4, 0.5) is 5.69 Å². The van der Waals surface area contributed by atoms with Gasteiger partial charge in [-0.15, -0.1) is 0 Å². The summed E-state index contributed by atoms with van der Waals surface area (Å²) < 4.78 is 30.9. The van der Waals surface area contributed by atoms with E-state index in [1.807, 2.05) is 0 Å². The van der Waals surface area contributed by atoms with Crippen LogP contribution < -0.4 is 9.62 Å². The monoisotopic (exact) mass is 386 g/mol. The predicted octanol–water partition coefficient (Wildman–Crippen LogP) is 2.24. The van der Waals surface area contributed by atoms with Crippen molar-refractivity contribution in [3.05, 3.63) is 52.9 Å². The Balaban J connectivity index is 2.02. The molecule has 1 aromatic carbocycles. The number of carbonyl (C=O) groups is 1. The van der Waals surface area contributed by atoms with Gasteiger partial charge in [-0.25, -0.2) is 8.42 Å². The topological polar surface area (TPSA) is 79.6 Å². The molecule has 8 heteroatoms. The van der Waals surface area contributed by atoms with E-state index in [4.69, 9.17) is 4.42 Å². The lowest BCUT2D eigenvalue weighted by Gasteiger charge is -2.22. The molecule has 0 aliphatic heterocycles. The van der Waals surface area contributed by atoms with Crippen molar-refractivity contribution in [2.45, 2.75) is 0 Å². The summed E-state index contributed by atoms with van der Waals surface area (Å²) in [6, 6.07) is 10.1. The summed E-state index contributed by atoms with van der Waals surface area (Å²) in [5.41, 5.74) is 0.540. The molecule has 0 radical (unpaired) electrons. The summed E-state index contributed by atoms with van der Waals surface area (Å²) in [6.45, 7) is 0.301. The molecule has 22 heavy (non-hydrogen) atoms. The van der Waals surface area contributed by atoms with Gasteiger partial charge >= 0.3 is 0 Å². The van der Waals surface area contributed by atoms with Gasteiger partial charge in [-0.3, -0.25) is 9.10 Å². The summed E-state index contributed by atoms with van der Waals surface area (Å²) in [6.07, 6.45) is 2.53. The van der Waals surface area contributed by atoms with Gasteiger partial charge in [0.15, 0.2) is 5.76 Å². The maximum Gasteiger partial charge on any atom is 0.287 e. The van der Waals surface area contributed by atoms with Crippen molar-refractivity contribution >= 4 is 37.5 Å². The average molecular weight is 387 g/mol. The number of benzene rings is 1. The second kappa shape index (κ2) is 6.97. The number of nitrogens with zero attached hydrogens (tertiary/aromatic N) is 1. The molecule has 1 amide bonds. The Morgan fingerprint density at radius 3 is 2.50 bits per heavy atom. The van der Waals surface area contributed by atoms with Crippen molar-refractivity contribution in [3.63, 3.8) is 0 Å². The largest absolute Gasteiger partial charge is 0.459 e. The van der Waals surface area contributed by atoms with Gasteiger partial charge < -0.3 is 9.73 Å². The highest BCUT2D eigenvalue weighted by Crippen LogP contribution is 2.20. The number of nitrogens with one attached hydrogen (secondary N) is 1. The van der Waals surface area contributed by atoms with Gasteiger partial charge in [-0.05, 0) is 36.4 Å². The number of hydrogen-bond donors (Lipinski definition) is 1. The Labute approximate surface area is 137 Å². The molecule has 2 rings (SSSR count). The lowest BCUT2D eigenvalue weighted by atomic mass is 10.3. The van der Waals surface area contributed by atoms with Crippen molar-refractivity contribution in [2.24, 2.45) is 0 Å². The molecule has 0 fully saturated rings. The van der Waals surface area contributed by atoms with Crippen LogP contribution in [0.25, 0.3) is 0 Å². The van der Waals surface area contributed by atoms with Gasteiger partial charge in [0.05, 0.1) is 24.8 Å². The first-order chi connectivity index (χ1) is 10.4. The molecule has 6 nitrogen and oxygen atoms in total. The van der Waals surface area contributed by atoms with Gasteiger partial charge in [0.1, 0.15) is 0 Å². The summed E-state index contributed by atoms with van der Waals surface area (Å²) in [5.74, 6) is -0.191. The second-order valence-corrected chi connectivity index (χ2v) is 7.37. The number of rotatable bonds is 6. The Hall–Kier alpha value is -1.80. The number of amides is 1. The summed E-state index contributed by atoms with van der Waals surface area (Å²) in [4.78, 5) is 11.7. The van der Waals surface area contributed by atoms with E-state index in [0.717, 1.165) is 10.7 Å². The molecule has 0 bridgehead atoms. The first-order valence-corrected chi connectivity index (χ1v) is 9.07. The summed E-state index contributed by atoms with van der Waals surface area (Å²) in [5, 5.41) is 2.62. The summed E-state index contributed by atoms with van der Waals surface area (Å²) in [7, 11) is -3.44. The van der Waals surface area contributed by atoms with Crippen LogP contribution in [-0.4, -0.2) is 33.7 Å². The zero-order chi connectivity index (χ0) is 16.2. The minimum atomic E-state index is -3.44. The molecule has 0 saturated heterocycles. The smallest absolute Gasteiger partial charge is 0.287 e. The van der Waals surface area contributed by atoms with E-state index in [0.29, 0.717) is 5.69 Å². The maximum absolute atomic E-state index is 11.9. The lowest BCUT2D eigenvalue weighted by Crippen LogP contribution is -2.38. The predicted molar refractivity (Wildman–Crippen MR) is 87.4 cm³/mol. The Morgan fingerprint density at radius 1 is 1.27 bits per heavy atom. The van der Waals surface area contributed by atoms with E-state index in [-0.39, 0.29) is 24.8 Å². The fourth-order valence-electron chi connectivity index (χ4n) is 1.86. The minimum absolute atomic E-state index is 0.132. The van der Waals surface area contributed by atoms with E-state index in [1.54, 1.807) is 36.4 Å². The SMILES string of the molecule is CS(=O)(=O)N(CCNC(=O)c1ccco1)c1ccc(Br)cc1. The van der Waals surface area contributed by atoms with Crippen molar-refractivity contribution < 1.29 is 17.6 Å². The van der Waals surface area contributed by atoms with Crippen molar-refractivity contribution in [1.82, 2.24) is 5.32 Å². The van der Waals surface area contributed by atoms with E-state index < -0.39 is 10.0 Å². The molecule has 1 aromatic heterocycles. The number of anilines is 1. The number of halogens is 1. The first kappa shape index (κ1) is 16.6. The normalized spacial score (nSPS) is 11.2. The first-order valence-electron chi connectivity index (χ1n) is 6.43. The van der Waals surface area contributed by atoms with Gasteiger partial charge in [0.2, 0.25) is 10.0 Å². The van der Waals surface area contributed by atoms with E-state index in [1.165, 1.54) is 10.6 Å². The van der Waals surface area contributed by atoms with E-state index >= 15 is 0 Å². The quantitative estimate of drug-likeness (QED) is 0.825. The van der Waals surface area contributed by atoms with Crippen LogP contribution in [0.5, 0.6) is 0 Å². The third-order valence-electron chi connectivity index (χ3n) is 2.86. The minimum Gasteiger partial charge on any atom is -0.459 e. The summed E-state index contributed by atoms with van der Waals surface area (Å²) >= 11 is 3.30. The number of carbonyl (C=O) groups excluding carboxylic acids is 1. The third kappa shape index (κ3) is 4.35. The standard InChI is InChI=1S/C14H15BrN2O4S/c1-22(19,20)17(12-6-4-11(15)5-7-12)9-8-16-14(18)13-3-2-10-21-13/h2-7,10H,8-9H2,1H3,(H,16,18). The van der Waals surface area contributed by atoms with Crippen LogP contribution in [-0.2, 0) is 10.0 Å². The highest BCUT2D eigenvalue weighted by molar-refractivity contribution is 9.10. The average Bonchev–Trinajstić information content (AvgIpc) is 2.97. The van der Waals surface area contributed by atoms with Crippen LogP contribution in [0, 0.1) is 0 Å². The number of furan rings is 1. The fourth-order valence-corrected chi connectivity index (χ4v) is 3.05. The molecule has 118 valence electrons. The van der Waals surface area contributed by atoms with Crippen LogP contribution in [0.3, 0.4) is 0 Å². The third-order valence-corrected chi connectivity index (χ3v) is 4.58. The Bertz CT molecular complexity index is 727. The fraction of sp³-hybridized carbons (Fsp3) is 0.214. The molecular weight excluding hydrogens is 372 g/mol. The molecule has 0 aliphatic rings. The Morgan fingerprint density at radius 2 is 1.95 bits per heavy atom. The van der Waals surface area contributed by atoms with E-state index in [2.05, 4.69) is 21.2 Å². The zero-order valence-corrected chi connectivity index (χ0v) is 14.2. The van der Waals surface area contributed by atoms with Crippen LogP contribution in [0.2, 0.25) is 0 Å². The van der Waals surface area contributed by atoms with Crippen molar-refractivity contribution in [1.29, 1.82) is 0 Å². The van der Waals surface area contributed by atoms with Crippen molar-refractivity contribution in [2.75, 3.05) is 23.7 Å². The van der Waals surface area contributed by atoms with Crippen LogP contribution in [0.15, 0.2) is 51.6 Å². The molecule has 0 aliphatic carbocycles. The molecule has 1 N–H and O–H groups in total. The van der Waals surface area contributed by atoms with Gasteiger partial charge in [-0.1, -0.05) is 15.9 Å². The van der Waals surface area contributed by atoms with Crippen LogP contribution >= 0.6 is 15.9 Å². The molecule has 0 saturated carbocycles. The van der Waals surface area contributed by atoms with Gasteiger partial charge in [0, 0.05) is 11.0 Å². The molecular formula is C14H15BrN2O4S. The molecule has 0 atom stereocenters. The number of hydrogen-bond acceptors (Lipinski definition) is 4. The van der Waals surface area contributed by atoms with Crippen LogP contribution in [0.1, 0.15) is 10.6 Å². The van der Waals surface area contributed by atoms with Gasteiger partial charge in [0.25, 0.3) is 5.91 Å². The second-order valence-electron chi connectivity index (χ2n) is 4.54. The molecule has 0 spiro atoms. The maximum atomic E-state index is 11.9. The van der Waals surface area contributed by atoms with Gasteiger partial charge in [-0.2, -0.15) is 0 Å². The molecule has 0 unspecified atom stereocenters. The van der Waals surface area contributed by atoms with Crippen molar-refractivity contribution in [3.8, 4) is 0 Å². The highest BCUT2D eigenvalue weighted by Gasteiger charge is 2.17. The number of sulfonamides is 1. The Kier molecular flexibility index (Phi) is 5.25. The molecule has 1 heterocycles. The lowest BCUT2D eigenvalue weighted by molar-refractivity contribution is 0.0927. The zero-order valence-electron chi connectivity index (χ0n) is 11.8. The highest BCUT2D eigenvalue weighted by atomic mass is 79.9. The van der Waals surface area contributed by atoms with E-state index in [9.17, 15) is 13.2 Å².